The fourth-order valence-electron chi connectivity index (χ4n) is 3.66. The van der Waals surface area contributed by atoms with Gasteiger partial charge in [0.2, 0.25) is 5.16 Å². The molecule has 7 nitrogen and oxygen atoms in total. The summed E-state index contributed by atoms with van der Waals surface area (Å²) in [4.78, 5) is 12.9. The van der Waals surface area contributed by atoms with Crippen molar-refractivity contribution < 1.29 is 13.9 Å². The number of benzene rings is 1. The summed E-state index contributed by atoms with van der Waals surface area (Å²) in [6.45, 7) is 5.15. The molecule has 0 amide bonds. The van der Waals surface area contributed by atoms with Crippen LogP contribution in [0.1, 0.15) is 34.6 Å². The van der Waals surface area contributed by atoms with Gasteiger partial charge in [0.1, 0.15) is 5.82 Å². The molecule has 1 saturated heterocycles. The van der Waals surface area contributed by atoms with Gasteiger partial charge in [-0.1, -0.05) is 17.8 Å². The monoisotopic (exact) mass is 415 g/mol. The van der Waals surface area contributed by atoms with Gasteiger partial charge in [0.05, 0.1) is 18.4 Å². The fraction of sp³-hybridized carbons (Fsp3) is 0.400. The number of hydrogen-bond donors (Lipinski definition) is 0. The summed E-state index contributed by atoms with van der Waals surface area (Å²) < 4.78 is 22.9. The van der Waals surface area contributed by atoms with Gasteiger partial charge in [0.15, 0.2) is 5.78 Å². The van der Waals surface area contributed by atoms with Crippen LogP contribution in [0.25, 0.3) is 5.69 Å². The smallest absolute Gasteiger partial charge is 0.209 e. The van der Waals surface area contributed by atoms with Gasteiger partial charge in [0, 0.05) is 29.2 Å². The Hall–Kier alpha value is -2.52. The summed E-state index contributed by atoms with van der Waals surface area (Å²) in [6, 6.07) is 8.20. The highest BCUT2D eigenvalue weighted by Crippen LogP contribution is 2.24. The number of aromatic nitrogens is 5. The van der Waals surface area contributed by atoms with Gasteiger partial charge >= 0.3 is 0 Å². The summed E-state index contributed by atoms with van der Waals surface area (Å²) in [5.74, 6) is -0.103. The molecule has 0 aliphatic carbocycles. The summed E-state index contributed by atoms with van der Waals surface area (Å²) in [6.07, 6.45) is 2.17. The Morgan fingerprint density at radius 3 is 2.97 bits per heavy atom. The summed E-state index contributed by atoms with van der Waals surface area (Å²) in [5, 5.41) is 12.4. The SMILES string of the molecule is Cc1cc(C(=O)CSc2nnnn2CC2CCCO2)c(C)n1-c1cccc(F)c1. The van der Waals surface area contributed by atoms with Crippen LogP contribution in [0.2, 0.25) is 0 Å². The number of nitrogens with zero attached hydrogens (tertiary/aromatic N) is 5. The van der Waals surface area contributed by atoms with Crippen LogP contribution in [-0.4, -0.2) is 49.0 Å². The number of ketones is 1. The topological polar surface area (TPSA) is 74.8 Å². The molecule has 3 heterocycles. The van der Waals surface area contributed by atoms with Gasteiger partial charge in [-0.15, -0.1) is 5.10 Å². The highest BCUT2D eigenvalue weighted by Gasteiger charge is 2.21. The van der Waals surface area contributed by atoms with Crippen LogP contribution in [0.3, 0.4) is 0 Å². The summed E-state index contributed by atoms with van der Waals surface area (Å²) in [7, 11) is 0. The van der Waals surface area contributed by atoms with Crippen molar-refractivity contribution in [3.05, 3.63) is 53.1 Å². The minimum absolute atomic E-state index is 0.0163. The fourth-order valence-corrected chi connectivity index (χ4v) is 4.43. The van der Waals surface area contributed by atoms with E-state index in [0.29, 0.717) is 23.0 Å². The predicted molar refractivity (Wildman–Crippen MR) is 107 cm³/mol. The summed E-state index contributed by atoms with van der Waals surface area (Å²) in [5.41, 5.74) is 2.99. The van der Waals surface area contributed by atoms with Crippen molar-refractivity contribution in [3.63, 3.8) is 0 Å². The lowest BCUT2D eigenvalue weighted by Gasteiger charge is -2.10. The Bertz CT molecular complexity index is 1030. The molecule has 4 rings (SSSR count). The van der Waals surface area contributed by atoms with Crippen molar-refractivity contribution in [2.24, 2.45) is 0 Å². The number of hydrogen-bond acceptors (Lipinski definition) is 6. The first-order chi connectivity index (χ1) is 14.0. The van der Waals surface area contributed by atoms with Gasteiger partial charge in [-0.2, -0.15) is 0 Å². The minimum Gasteiger partial charge on any atom is -0.376 e. The molecular formula is C20H22FN5O2S. The average Bonchev–Trinajstić information content (AvgIpc) is 3.42. The number of ether oxygens (including phenoxy) is 1. The van der Waals surface area contributed by atoms with Crippen LogP contribution in [0.4, 0.5) is 4.39 Å². The number of thioether (sulfide) groups is 1. The van der Waals surface area contributed by atoms with E-state index in [9.17, 15) is 9.18 Å². The molecule has 29 heavy (non-hydrogen) atoms. The molecule has 0 bridgehead atoms. The van der Waals surface area contributed by atoms with E-state index in [1.165, 1.54) is 23.9 Å². The maximum Gasteiger partial charge on any atom is 0.209 e. The Kier molecular flexibility index (Phi) is 5.77. The third-order valence-corrected chi connectivity index (χ3v) is 5.99. The molecular weight excluding hydrogens is 393 g/mol. The van der Waals surface area contributed by atoms with E-state index in [1.54, 1.807) is 10.7 Å². The molecule has 0 N–H and O–H groups in total. The van der Waals surface area contributed by atoms with E-state index in [4.69, 9.17) is 4.74 Å². The van der Waals surface area contributed by atoms with Crippen molar-refractivity contribution in [3.8, 4) is 5.69 Å². The number of tetrazole rings is 1. The zero-order valence-corrected chi connectivity index (χ0v) is 17.2. The van der Waals surface area contributed by atoms with Crippen LogP contribution in [0.15, 0.2) is 35.5 Å². The molecule has 1 aliphatic rings. The predicted octanol–water partition coefficient (Wildman–Crippen LogP) is 3.37. The van der Waals surface area contributed by atoms with Crippen LogP contribution in [-0.2, 0) is 11.3 Å². The standard InChI is InChI=1S/C20H22FN5O2S/c1-13-9-18(14(2)26(13)16-6-3-5-15(21)10-16)19(27)12-29-20-22-23-24-25(20)11-17-7-4-8-28-17/h3,5-6,9-10,17H,4,7-8,11-12H2,1-2H3. The second kappa shape index (κ2) is 8.46. The molecule has 1 aromatic carbocycles. The maximum absolute atomic E-state index is 13.6. The lowest BCUT2D eigenvalue weighted by Crippen LogP contribution is -2.17. The molecule has 0 radical (unpaired) electrons. The highest BCUT2D eigenvalue weighted by atomic mass is 32.2. The Balaban J connectivity index is 1.47. The van der Waals surface area contributed by atoms with E-state index in [-0.39, 0.29) is 23.5 Å². The lowest BCUT2D eigenvalue weighted by molar-refractivity contribution is 0.0912. The molecule has 1 atom stereocenters. The zero-order chi connectivity index (χ0) is 20.4. The number of Topliss-reactive ketones (excluding diaryl/α,β-unsaturated/α-hetero) is 1. The zero-order valence-electron chi connectivity index (χ0n) is 16.3. The van der Waals surface area contributed by atoms with E-state index in [0.717, 1.165) is 30.8 Å². The van der Waals surface area contributed by atoms with E-state index in [1.807, 2.05) is 30.5 Å². The first kappa shape index (κ1) is 19.8. The Morgan fingerprint density at radius 1 is 1.34 bits per heavy atom. The summed E-state index contributed by atoms with van der Waals surface area (Å²) >= 11 is 1.31. The number of halogens is 1. The van der Waals surface area contributed by atoms with Crippen molar-refractivity contribution in [1.82, 2.24) is 24.8 Å². The van der Waals surface area contributed by atoms with Crippen LogP contribution in [0, 0.1) is 19.7 Å². The third kappa shape index (κ3) is 4.25. The van der Waals surface area contributed by atoms with Gasteiger partial charge in [0.25, 0.3) is 0 Å². The Labute approximate surface area is 172 Å². The number of carbonyl (C=O) groups excluding carboxylic acids is 1. The van der Waals surface area contributed by atoms with Crippen molar-refractivity contribution >= 4 is 17.5 Å². The van der Waals surface area contributed by atoms with Gasteiger partial charge in [-0.25, -0.2) is 9.07 Å². The molecule has 1 fully saturated rings. The molecule has 0 saturated carbocycles. The molecule has 1 unspecified atom stereocenters. The second-order valence-electron chi connectivity index (χ2n) is 7.09. The molecule has 2 aromatic heterocycles. The highest BCUT2D eigenvalue weighted by molar-refractivity contribution is 7.99. The molecule has 152 valence electrons. The van der Waals surface area contributed by atoms with Gasteiger partial charge in [-0.05, 0) is 61.4 Å². The third-order valence-electron chi connectivity index (χ3n) is 5.03. The van der Waals surface area contributed by atoms with Crippen molar-refractivity contribution in [2.75, 3.05) is 12.4 Å². The minimum atomic E-state index is -0.309. The maximum atomic E-state index is 13.6. The number of carbonyl (C=O) groups is 1. The number of aryl methyl sites for hydroxylation is 1. The largest absolute Gasteiger partial charge is 0.376 e. The van der Waals surface area contributed by atoms with Crippen LogP contribution < -0.4 is 0 Å². The van der Waals surface area contributed by atoms with Gasteiger partial charge < -0.3 is 9.30 Å². The average molecular weight is 415 g/mol. The molecule has 9 heteroatoms. The number of rotatable bonds is 7. The first-order valence-corrected chi connectivity index (χ1v) is 10.5. The van der Waals surface area contributed by atoms with Crippen LogP contribution >= 0.6 is 11.8 Å². The second-order valence-corrected chi connectivity index (χ2v) is 8.03. The quantitative estimate of drug-likeness (QED) is 0.435. The lowest BCUT2D eigenvalue weighted by atomic mass is 10.2. The Morgan fingerprint density at radius 2 is 2.21 bits per heavy atom. The van der Waals surface area contributed by atoms with E-state index < -0.39 is 0 Å². The molecule has 1 aliphatic heterocycles. The van der Waals surface area contributed by atoms with Crippen molar-refractivity contribution in [1.29, 1.82) is 0 Å². The van der Waals surface area contributed by atoms with E-state index in [2.05, 4.69) is 15.5 Å². The van der Waals surface area contributed by atoms with E-state index >= 15 is 0 Å². The molecule has 3 aromatic rings. The first-order valence-electron chi connectivity index (χ1n) is 9.51. The van der Waals surface area contributed by atoms with Gasteiger partial charge in [-0.3, -0.25) is 4.79 Å². The van der Waals surface area contributed by atoms with Crippen molar-refractivity contribution in [2.45, 2.75) is 44.5 Å². The normalized spacial score (nSPS) is 16.4. The van der Waals surface area contributed by atoms with Crippen LogP contribution in [0.5, 0.6) is 0 Å². The molecule has 0 spiro atoms.